The first-order chi connectivity index (χ1) is 10.4. The standard InChI is InChI=1S/C17H18N4/c1-2-8-14(9-3-1)17(20-12-6-7-13-20)21-16-11-5-4-10-15(16)18-19-21/h1-5,8-11,17H,6-7,12-13H2. The van der Waals surface area contributed by atoms with Crippen LogP contribution in [0.1, 0.15) is 24.6 Å². The predicted octanol–water partition coefficient (Wildman–Crippen LogP) is 3.07. The lowest BCUT2D eigenvalue weighted by Gasteiger charge is -2.28. The van der Waals surface area contributed by atoms with Gasteiger partial charge in [0.05, 0.1) is 5.52 Å². The Kier molecular flexibility index (Phi) is 3.16. The monoisotopic (exact) mass is 278 g/mol. The van der Waals surface area contributed by atoms with Crippen molar-refractivity contribution in [1.82, 2.24) is 19.9 Å². The number of aromatic nitrogens is 3. The minimum absolute atomic E-state index is 0.140. The molecule has 1 fully saturated rings. The summed E-state index contributed by atoms with van der Waals surface area (Å²) in [5.74, 6) is 0. The van der Waals surface area contributed by atoms with Crippen LogP contribution in [-0.4, -0.2) is 33.0 Å². The van der Waals surface area contributed by atoms with Crippen molar-refractivity contribution in [2.24, 2.45) is 0 Å². The van der Waals surface area contributed by atoms with Crippen molar-refractivity contribution in [3.63, 3.8) is 0 Å². The summed E-state index contributed by atoms with van der Waals surface area (Å²) in [5, 5.41) is 8.76. The molecule has 1 atom stereocenters. The van der Waals surface area contributed by atoms with Gasteiger partial charge < -0.3 is 0 Å². The summed E-state index contributed by atoms with van der Waals surface area (Å²) in [6.45, 7) is 2.24. The van der Waals surface area contributed by atoms with Gasteiger partial charge in [-0.2, -0.15) is 0 Å². The molecule has 1 unspecified atom stereocenters. The molecule has 1 aromatic heterocycles. The molecule has 4 heteroatoms. The van der Waals surface area contributed by atoms with E-state index in [2.05, 4.69) is 56.3 Å². The van der Waals surface area contributed by atoms with Gasteiger partial charge in [-0.25, -0.2) is 4.68 Å². The van der Waals surface area contributed by atoms with Crippen LogP contribution in [0.5, 0.6) is 0 Å². The normalized spacial score (nSPS) is 17.3. The second-order valence-corrected chi connectivity index (χ2v) is 5.55. The van der Waals surface area contributed by atoms with Gasteiger partial charge in [-0.05, 0) is 30.5 Å². The van der Waals surface area contributed by atoms with Gasteiger partial charge in [-0.3, -0.25) is 4.90 Å². The summed E-state index contributed by atoms with van der Waals surface area (Å²) < 4.78 is 2.07. The fourth-order valence-corrected chi connectivity index (χ4v) is 3.19. The molecule has 4 nitrogen and oxygen atoms in total. The van der Waals surface area contributed by atoms with Crippen LogP contribution in [-0.2, 0) is 0 Å². The molecule has 0 amide bonds. The van der Waals surface area contributed by atoms with Crippen LogP contribution < -0.4 is 0 Å². The van der Waals surface area contributed by atoms with Gasteiger partial charge >= 0.3 is 0 Å². The van der Waals surface area contributed by atoms with Crippen molar-refractivity contribution >= 4 is 11.0 Å². The maximum Gasteiger partial charge on any atom is 0.132 e. The lowest BCUT2D eigenvalue weighted by molar-refractivity contribution is 0.201. The summed E-state index contributed by atoms with van der Waals surface area (Å²) >= 11 is 0. The van der Waals surface area contributed by atoms with Crippen LogP contribution in [0.25, 0.3) is 11.0 Å². The third-order valence-corrected chi connectivity index (χ3v) is 4.19. The highest BCUT2D eigenvalue weighted by atomic mass is 15.5. The van der Waals surface area contributed by atoms with E-state index >= 15 is 0 Å². The highest BCUT2D eigenvalue weighted by Crippen LogP contribution is 2.28. The Hall–Kier alpha value is -2.20. The quantitative estimate of drug-likeness (QED) is 0.738. The van der Waals surface area contributed by atoms with Crippen molar-refractivity contribution in [3.05, 3.63) is 60.2 Å². The fourth-order valence-electron chi connectivity index (χ4n) is 3.19. The zero-order chi connectivity index (χ0) is 14.1. The van der Waals surface area contributed by atoms with Gasteiger partial charge in [0.25, 0.3) is 0 Å². The highest BCUT2D eigenvalue weighted by Gasteiger charge is 2.26. The number of benzene rings is 2. The molecule has 3 aromatic rings. The van der Waals surface area contributed by atoms with Crippen LogP contribution in [0.2, 0.25) is 0 Å². The molecule has 0 spiro atoms. The maximum absolute atomic E-state index is 4.44. The van der Waals surface area contributed by atoms with E-state index in [-0.39, 0.29) is 6.17 Å². The molecule has 1 aliphatic rings. The molecule has 0 bridgehead atoms. The van der Waals surface area contributed by atoms with Crippen LogP contribution in [0.15, 0.2) is 54.6 Å². The predicted molar refractivity (Wildman–Crippen MR) is 82.9 cm³/mol. The average Bonchev–Trinajstić information content (AvgIpc) is 3.20. The lowest BCUT2D eigenvalue weighted by Crippen LogP contribution is -2.31. The maximum atomic E-state index is 4.44. The smallest absolute Gasteiger partial charge is 0.132 e. The summed E-state index contributed by atoms with van der Waals surface area (Å²) in [6, 6.07) is 18.8. The van der Waals surface area contributed by atoms with Crippen LogP contribution in [0, 0.1) is 0 Å². The molecule has 0 aliphatic carbocycles. The van der Waals surface area contributed by atoms with Gasteiger partial charge in [-0.15, -0.1) is 5.10 Å². The molecular weight excluding hydrogens is 260 g/mol. The van der Waals surface area contributed by atoms with Crippen LogP contribution >= 0.6 is 0 Å². The second kappa shape index (κ2) is 5.30. The van der Waals surface area contributed by atoms with Gasteiger partial charge in [0.1, 0.15) is 11.7 Å². The minimum Gasteiger partial charge on any atom is -0.278 e. The molecule has 0 radical (unpaired) electrons. The van der Waals surface area contributed by atoms with E-state index in [0.717, 1.165) is 24.1 Å². The summed E-state index contributed by atoms with van der Waals surface area (Å²) in [4.78, 5) is 2.50. The molecule has 1 aliphatic heterocycles. The number of fused-ring (bicyclic) bond motifs is 1. The number of nitrogens with zero attached hydrogens (tertiary/aromatic N) is 4. The SMILES string of the molecule is c1ccc(C(N2CCCC2)n2nnc3ccccc32)cc1. The molecular formula is C17H18N4. The second-order valence-electron chi connectivity index (χ2n) is 5.55. The zero-order valence-corrected chi connectivity index (χ0v) is 11.9. The number of para-hydroxylation sites is 1. The van der Waals surface area contributed by atoms with E-state index in [9.17, 15) is 0 Å². The highest BCUT2D eigenvalue weighted by molar-refractivity contribution is 5.74. The van der Waals surface area contributed by atoms with Crippen LogP contribution in [0.4, 0.5) is 0 Å². The Morgan fingerprint density at radius 1 is 0.857 bits per heavy atom. The molecule has 2 aromatic carbocycles. The third-order valence-electron chi connectivity index (χ3n) is 4.19. The van der Waals surface area contributed by atoms with Gasteiger partial charge in [-0.1, -0.05) is 47.7 Å². The average molecular weight is 278 g/mol. The molecule has 106 valence electrons. The Labute approximate surface area is 124 Å². The van der Waals surface area contributed by atoms with E-state index in [1.54, 1.807) is 0 Å². The summed E-state index contributed by atoms with van der Waals surface area (Å²) in [7, 11) is 0. The summed E-state index contributed by atoms with van der Waals surface area (Å²) in [6.07, 6.45) is 2.66. The van der Waals surface area contributed by atoms with E-state index in [4.69, 9.17) is 0 Å². The van der Waals surface area contributed by atoms with Crippen molar-refractivity contribution in [3.8, 4) is 0 Å². The number of hydrogen-bond acceptors (Lipinski definition) is 3. The minimum atomic E-state index is 0.140. The molecule has 4 rings (SSSR count). The zero-order valence-electron chi connectivity index (χ0n) is 11.9. The topological polar surface area (TPSA) is 34.0 Å². The Morgan fingerprint density at radius 3 is 2.38 bits per heavy atom. The van der Waals surface area contributed by atoms with Crippen molar-refractivity contribution in [2.75, 3.05) is 13.1 Å². The van der Waals surface area contributed by atoms with Crippen LogP contribution in [0.3, 0.4) is 0 Å². The number of hydrogen-bond donors (Lipinski definition) is 0. The Morgan fingerprint density at radius 2 is 1.57 bits per heavy atom. The number of likely N-dealkylation sites (tertiary alicyclic amines) is 1. The molecule has 0 N–H and O–H groups in total. The van der Waals surface area contributed by atoms with E-state index in [1.165, 1.54) is 18.4 Å². The number of rotatable bonds is 3. The lowest BCUT2D eigenvalue weighted by atomic mass is 10.1. The van der Waals surface area contributed by atoms with Gasteiger partial charge in [0, 0.05) is 13.1 Å². The molecule has 2 heterocycles. The molecule has 0 saturated carbocycles. The molecule has 21 heavy (non-hydrogen) atoms. The van der Waals surface area contributed by atoms with Crippen molar-refractivity contribution in [2.45, 2.75) is 19.0 Å². The Balaban J connectivity index is 1.85. The van der Waals surface area contributed by atoms with E-state index in [1.807, 2.05) is 18.2 Å². The van der Waals surface area contributed by atoms with Crippen molar-refractivity contribution in [1.29, 1.82) is 0 Å². The van der Waals surface area contributed by atoms with Gasteiger partial charge in [0.2, 0.25) is 0 Å². The Bertz CT molecular complexity index is 729. The third kappa shape index (κ3) is 2.21. The molecule has 1 saturated heterocycles. The first-order valence-corrected chi connectivity index (χ1v) is 7.52. The van der Waals surface area contributed by atoms with Gasteiger partial charge in [0.15, 0.2) is 0 Å². The van der Waals surface area contributed by atoms with Crippen molar-refractivity contribution < 1.29 is 0 Å². The summed E-state index contributed by atoms with van der Waals surface area (Å²) in [5.41, 5.74) is 3.32. The first-order valence-electron chi connectivity index (χ1n) is 7.52. The van der Waals surface area contributed by atoms with E-state index < -0.39 is 0 Å². The first kappa shape index (κ1) is 12.5. The largest absolute Gasteiger partial charge is 0.278 e. The fraction of sp³-hybridized carbons (Fsp3) is 0.294. The van der Waals surface area contributed by atoms with E-state index in [0.29, 0.717) is 0 Å².